The lowest BCUT2D eigenvalue weighted by Gasteiger charge is -2.13. The van der Waals surface area contributed by atoms with Gasteiger partial charge >= 0.3 is 0 Å². The molecule has 4 nitrogen and oxygen atoms in total. The summed E-state index contributed by atoms with van der Waals surface area (Å²) in [7, 11) is 2.05. The molecule has 1 aliphatic heterocycles. The number of amides is 1. The van der Waals surface area contributed by atoms with Gasteiger partial charge in [-0.1, -0.05) is 18.2 Å². The van der Waals surface area contributed by atoms with Crippen LogP contribution in [0, 0.1) is 0 Å². The van der Waals surface area contributed by atoms with Crippen molar-refractivity contribution in [3.8, 4) is 5.75 Å². The summed E-state index contributed by atoms with van der Waals surface area (Å²) in [6, 6.07) is 7.20. The highest BCUT2D eigenvalue weighted by molar-refractivity contribution is 5.79. The zero-order valence-corrected chi connectivity index (χ0v) is 10.0. The van der Waals surface area contributed by atoms with E-state index in [0.717, 1.165) is 19.5 Å². The van der Waals surface area contributed by atoms with Crippen LogP contribution in [-0.4, -0.2) is 42.1 Å². The molecule has 0 bridgehead atoms. The lowest BCUT2D eigenvalue weighted by Crippen LogP contribution is -2.37. The topological polar surface area (TPSA) is 52.6 Å². The summed E-state index contributed by atoms with van der Waals surface area (Å²) >= 11 is 0. The number of para-hydroxylation sites is 1. The summed E-state index contributed by atoms with van der Waals surface area (Å²) in [6.45, 7) is 1.94. The zero-order valence-electron chi connectivity index (χ0n) is 10.0. The van der Waals surface area contributed by atoms with E-state index in [1.54, 1.807) is 18.2 Å². The molecule has 0 aromatic heterocycles. The SMILES string of the molecule is CN1CCC(NC(=O)Cc2ccccc2O)C1. The van der Waals surface area contributed by atoms with Crippen molar-refractivity contribution in [3.63, 3.8) is 0 Å². The molecule has 2 N–H and O–H groups in total. The first-order chi connectivity index (χ1) is 8.15. The molecule has 1 fully saturated rings. The van der Waals surface area contributed by atoms with Crippen LogP contribution in [0.25, 0.3) is 0 Å². The van der Waals surface area contributed by atoms with Crippen molar-refractivity contribution in [3.05, 3.63) is 29.8 Å². The summed E-state index contributed by atoms with van der Waals surface area (Å²) in [4.78, 5) is 14.0. The number of nitrogens with one attached hydrogen (secondary N) is 1. The van der Waals surface area contributed by atoms with Crippen molar-refractivity contribution in [1.82, 2.24) is 10.2 Å². The van der Waals surface area contributed by atoms with Crippen LogP contribution in [0.15, 0.2) is 24.3 Å². The normalized spacial score (nSPS) is 20.4. The van der Waals surface area contributed by atoms with E-state index in [1.807, 2.05) is 6.07 Å². The number of nitrogens with zero attached hydrogens (tertiary/aromatic N) is 1. The number of likely N-dealkylation sites (N-methyl/N-ethyl adjacent to an activating group) is 1. The molecular weight excluding hydrogens is 216 g/mol. The van der Waals surface area contributed by atoms with Crippen LogP contribution in [0.4, 0.5) is 0 Å². The van der Waals surface area contributed by atoms with E-state index in [0.29, 0.717) is 5.56 Å². The van der Waals surface area contributed by atoms with E-state index >= 15 is 0 Å². The molecule has 0 saturated carbocycles. The van der Waals surface area contributed by atoms with Crippen molar-refractivity contribution in [2.45, 2.75) is 18.9 Å². The Kier molecular flexibility index (Phi) is 3.64. The predicted octanol–water partition coefficient (Wildman–Crippen LogP) is 0.755. The Hall–Kier alpha value is -1.55. The number of hydrogen-bond acceptors (Lipinski definition) is 3. The highest BCUT2D eigenvalue weighted by atomic mass is 16.3. The second-order valence-electron chi connectivity index (χ2n) is 4.62. The number of rotatable bonds is 3. The third kappa shape index (κ3) is 3.20. The van der Waals surface area contributed by atoms with Gasteiger partial charge < -0.3 is 15.3 Å². The number of hydrogen-bond donors (Lipinski definition) is 2. The van der Waals surface area contributed by atoms with Gasteiger partial charge in [0.1, 0.15) is 5.75 Å². The first-order valence-corrected chi connectivity index (χ1v) is 5.90. The van der Waals surface area contributed by atoms with Crippen LogP contribution in [0.2, 0.25) is 0 Å². The van der Waals surface area contributed by atoms with Crippen LogP contribution in [-0.2, 0) is 11.2 Å². The van der Waals surface area contributed by atoms with Crippen molar-refractivity contribution < 1.29 is 9.90 Å². The Morgan fingerprint density at radius 3 is 2.94 bits per heavy atom. The van der Waals surface area contributed by atoms with Gasteiger partial charge in [0.25, 0.3) is 0 Å². The molecule has 1 heterocycles. The average Bonchev–Trinajstić information content (AvgIpc) is 2.67. The minimum atomic E-state index is -0.0215. The van der Waals surface area contributed by atoms with Gasteiger partial charge in [-0.05, 0) is 26.1 Å². The number of carbonyl (C=O) groups excluding carboxylic acids is 1. The second-order valence-corrected chi connectivity index (χ2v) is 4.62. The summed E-state index contributed by atoms with van der Waals surface area (Å²) in [5.41, 5.74) is 0.677. The zero-order chi connectivity index (χ0) is 12.3. The van der Waals surface area contributed by atoms with Gasteiger partial charge in [0.05, 0.1) is 6.42 Å². The van der Waals surface area contributed by atoms with E-state index in [4.69, 9.17) is 0 Å². The third-order valence-electron chi connectivity index (χ3n) is 3.10. The van der Waals surface area contributed by atoms with Crippen molar-refractivity contribution in [2.24, 2.45) is 0 Å². The van der Waals surface area contributed by atoms with Crippen LogP contribution in [0.1, 0.15) is 12.0 Å². The molecule has 2 rings (SSSR count). The quantitative estimate of drug-likeness (QED) is 0.811. The van der Waals surface area contributed by atoms with Crippen LogP contribution in [0.5, 0.6) is 5.75 Å². The average molecular weight is 234 g/mol. The number of benzene rings is 1. The molecule has 1 saturated heterocycles. The van der Waals surface area contributed by atoms with E-state index in [-0.39, 0.29) is 24.1 Å². The Balaban J connectivity index is 1.87. The number of aromatic hydroxyl groups is 1. The molecule has 0 aliphatic carbocycles. The van der Waals surface area contributed by atoms with Crippen LogP contribution < -0.4 is 5.32 Å². The number of phenols is 1. The largest absolute Gasteiger partial charge is 0.508 e. The van der Waals surface area contributed by atoms with Crippen molar-refractivity contribution in [1.29, 1.82) is 0 Å². The first kappa shape index (κ1) is 11.9. The molecule has 1 aliphatic rings. The molecule has 92 valence electrons. The Morgan fingerprint density at radius 2 is 2.29 bits per heavy atom. The lowest BCUT2D eigenvalue weighted by molar-refractivity contribution is -0.121. The van der Waals surface area contributed by atoms with E-state index in [9.17, 15) is 9.90 Å². The molecule has 1 amide bonds. The van der Waals surface area contributed by atoms with Crippen LogP contribution >= 0.6 is 0 Å². The van der Waals surface area contributed by atoms with Gasteiger partial charge in [-0.15, -0.1) is 0 Å². The summed E-state index contributed by atoms with van der Waals surface area (Å²) in [5, 5.41) is 12.6. The minimum absolute atomic E-state index is 0.0215. The van der Waals surface area contributed by atoms with E-state index in [2.05, 4.69) is 17.3 Å². The van der Waals surface area contributed by atoms with Crippen molar-refractivity contribution >= 4 is 5.91 Å². The number of likely N-dealkylation sites (tertiary alicyclic amines) is 1. The maximum Gasteiger partial charge on any atom is 0.224 e. The maximum atomic E-state index is 11.8. The molecular formula is C13H18N2O2. The van der Waals surface area contributed by atoms with Crippen LogP contribution in [0.3, 0.4) is 0 Å². The van der Waals surface area contributed by atoms with Gasteiger partial charge in [0.2, 0.25) is 5.91 Å². The van der Waals surface area contributed by atoms with Gasteiger partial charge in [-0.25, -0.2) is 0 Å². The molecule has 0 radical (unpaired) electrons. The molecule has 1 atom stereocenters. The molecule has 17 heavy (non-hydrogen) atoms. The van der Waals surface area contributed by atoms with Gasteiger partial charge in [0.15, 0.2) is 0 Å². The fourth-order valence-corrected chi connectivity index (χ4v) is 2.16. The van der Waals surface area contributed by atoms with E-state index in [1.165, 1.54) is 0 Å². The highest BCUT2D eigenvalue weighted by Gasteiger charge is 2.21. The molecule has 0 spiro atoms. The monoisotopic (exact) mass is 234 g/mol. The van der Waals surface area contributed by atoms with Gasteiger partial charge in [0, 0.05) is 18.2 Å². The number of phenolic OH excluding ortho intramolecular Hbond substituents is 1. The predicted molar refractivity (Wildman–Crippen MR) is 65.9 cm³/mol. The lowest BCUT2D eigenvalue weighted by atomic mass is 10.1. The Labute approximate surface area is 101 Å². The summed E-state index contributed by atoms with van der Waals surface area (Å²) in [5.74, 6) is 0.165. The van der Waals surface area contributed by atoms with Crippen molar-refractivity contribution in [2.75, 3.05) is 20.1 Å². The Morgan fingerprint density at radius 1 is 1.53 bits per heavy atom. The molecule has 1 aromatic carbocycles. The smallest absolute Gasteiger partial charge is 0.224 e. The molecule has 1 unspecified atom stereocenters. The molecule has 1 aromatic rings. The fourth-order valence-electron chi connectivity index (χ4n) is 2.16. The molecule has 4 heteroatoms. The fraction of sp³-hybridized carbons (Fsp3) is 0.462. The van der Waals surface area contributed by atoms with Gasteiger partial charge in [-0.3, -0.25) is 4.79 Å². The summed E-state index contributed by atoms with van der Waals surface area (Å²) in [6.07, 6.45) is 1.25. The number of carbonyl (C=O) groups is 1. The summed E-state index contributed by atoms with van der Waals surface area (Å²) < 4.78 is 0. The second kappa shape index (κ2) is 5.19. The first-order valence-electron chi connectivity index (χ1n) is 5.90. The third-order valence-corrected chi connectivity index (χ3v) is 3.10. The minimum Gasteiger partial charge on any atom is -0.508 e. The van der Waals surface area contributed by atoms with E-state index < -0.39 is 0 Å². The maximum absolute atomic E-state index is 11.8. The standard InChI is InChI=1S/C13H18N2O2/c1-15-7-6-11(9-15)14-13(17)8-10-4-2-3-5-12(10)16/h2-5,11,16H,6-9H2,1H3,(H,14,17). The Bertz CT molecular complexity index is 406. The van der Waals surface area contributed by atoms with Gasteiger partial charge in [-0.2, -0.15) is 0 Å². The highest BCUT2D eigenvalue weighted by Crippen LogP contribution is 2.16.